The van der Waals surface area contributed by atoms with Crippen molar-refractivity contribution >= 4 is 5.78 Å². The highest BCUT2D eigenvalue weighted by atomic mass is 16.1. The van der Waals surface area contributed by atoms with Crippen molar-refractivity contribution < 1.29 is 4.79 Å². The van der Waals surface area contributed by atoms with Crippen LogP contribution in [-0.4, -0.2) is 33.4 Å². The Morgan fingerprint density at radius 1 is 1.39 bits per heavy atom. The number of aryl methyl sites for hydroxylation is 1. The Morgan fingerprint density at radius 3 is 2.72 bits per heavy atom. The molecule has 18 heavy (non-hydrogen) atoms. The van der Waals surface area contributed by atoms with Gasteiger partial charge < -0.3 is 5.32 Å². The molecule has 1 N–H and O–H groups in total. The third kappa shape index (κ3) is 5.40. The lowest BCUT2D eigenvalue weighted by Crippen LogP contribution is -2.25. The first kappa shape index (κ1) is 14.8. The largest absolute Gasteiger partial charge is 0.314 e. The van der Waals surface area contributed by atoms with Gasteiger partial charge in [0.25, 0.3) is 0 Å². The summed E-state index contributed by atoms with van der Waals surface area (Å²) in [5, 5.41) is 11.5. The minimum atomic E-state index is 0.100. The highest BCUT2D eigenvalue weighted by molar-refractivity contribution is 5.80. The maximum Gasteiger partial charge on any atom is 0.137 e. The number of Topliss-reactive ketones (excluding diaryl/α,β-unsaturated/α-hetero) is 1. The van der Waals surface area contributed by atoms with Crippen LogP contribution in [0.3, 0.4) is 0 Å². The van der Waals surface area contributed by atoms with Gasteiger partial charge >= 0.3 is 0 Å². The van der Waals surface area contributed by atoms with Crippen LogP contribution in [0.2, 0.25) is 0 Å². The third-order valence-electron chi connectivity index (χ3n) is 2.75. The molecule has 5 nitrogen and oxygen atoms in total. The van der Waals surface area contributed by atoms with Crippen LogP contribution in [0, 0.1) is 5.92 Å². The lowest BCUT2D eigenvalue weighted by atomic mass is 10.1. The first-order chi connectivity index (χ1) is 8.49. The summed E-state index contributed by atoms with van der Waals surface area (Å²) >= 11 is 0. The number of hydrogen-bond donors (Lipinski definition) is 1. The molecule has 1 rings (SSSR count). The fourth-order valence-corrected chi connectivity index (χ4v) is 1.56. The summed E-state index contributed by atoms with van der Waals surface area (Å²) in [6.07, 6.45) is 3.33. The van der Waals surface area contributed by atoms with Gasteiger partial charge in [-0.3, -0.25) is 9.48 Å². The molecule has 0 bridgehead atoms. The van der Waals surface area contributed by atoms with E-state index >= 15 is 0 Å². The molecule has 0 amide bonds. The Bertz CT molecular complexity index is 371. The Morgan fingerprint density at radius 2 is 2.11 bits per heavy atom. The van der Waals surface area contributed by atoms with Crippen LogP contribution in [0.25, 0.3) is 0 Å². The SMILES string of the molecule is CC(C)NCCc1cn(CCC(=O)C(C)C)nn1. The van der Waals surface area contributed by atoms with E-state index in [1.54, 1.807) is 4.68 Å². The zero-order valence-electron chi connectivity index (χ0n) is 11.8. The molecular formula is C13H24N4O. The predicted molar refractivity (Wildman–Crippen MR) is 71.3 cm³/mol. The van der Waals surface area contributed by atoms with Gasteiger partial charge in [-0.05, 0) is 0 Å². The molecule has 1 aromatic heterocycles. The monoisotopic (exact) mass is 252 g/mol. The van der Waals surface area contributed by atoms with E-state index in [4.69, 9.17) is 0 Å². The topological polar surface area (TPSA) is 59.8 Å². The summed E-state index contributed by atoms with van der Waals surface area (Å²) in [5.41, 5.74) is 0.972. The zero-order chi connectivity index (χ0) is 13.5. The third-order valence-corrected chi connectivity index (χ3v) is 2.75. The number of carbonyl (C=O) groups is 1. The van der Waals surface area contributed by atoms with E-state index in [0.717, 1.165) is 18.7 Å². The lowest BCUT2D eigenvalue weighted by Gasteiger charge is -2.05. The second kappa shape index (κ2) is 7.26. The van der Waals surface area contributed by atoms with Crippen molar-refractivity contribution in [1.82, 2.24) is 20.3 Å². The molecule has 5 heteroatoms. The fraction of sp³-hybridized carbons (Fsp3) is 0.769. The first-order valence-corrected chi connectivity index (χ1v) is 6.64. The van der Waals surface area contributed by atoms with Crippen molar-refractivity contribution in [2.24, 2.45) is 5.92 Å². The fourth-order valence-electron chi connectivity index (χ4n) is 1.56. The van der Waals surface area contributed by atoms with E-state index in [0.29, 0.717) is 19.0 Å². The zero-order valence-corrected chi connectivity index (χ0v) is 11.8. The molecule has 0 unspecified atom stereocenters. The summed E-state index contributed by atoms with van der Waals surface area (Å²) in [7, 11) is 0. The van der Waals surface area contributed by atoms with E-state index in [1.807, 2.05) is 20.0 Å². The van der Waals surface area contributed by atoms with Crippen LogP contribution >= 0.6 is 0 Å². The standard InChI is InChI=1S/C13H24N4O/c1-10(2)13(18)6-8-17-9-12(15-16-17)5-7-14-11(3)4/h9-11,14H,5-8H2,1-4H3. The van der Waals surface area contributed by atoms with Crippen molar-refractivity contribution in [3.05, 3.63) is 11.9 Å². The van der Waals surface area contributed by atoms with Gasteiger partial charge in [-0.1, -0.05) is 32.9 Å². The molecule has 102 valence electrons. The molecule has 0 saturated carbocycles. The van der Waals surface area contributed by atoms with Crippen molar-refractivity contribution in [3.63, 3.8) is 0 Å². The minimum absolute atomic E-state index is 0.100. The maximum atomic E-state index is 11.5. The maximum absolute atomic E-state index is 11.5. The smallest absolute Gasteiger partial charge is 0.137 e. The van der Waals surface area contributed by atoms with Gasteiger partial charge in [0, 0.05) is 44.1 Å². The Labute approximate surface area is 109 Å². The van der Waals surface area contributed by atoms with Crippen LogP contribution in [0.5, 0.6) is 0 Å². The van der Waals surface area contributed by atoms with Crippen LogP contribution in [0.4, 0.5) is 0 Å². The molecule has 0 saturated heterocycles. The quantitative estimate of drug-likeness (QED) is 0.760. The number of carbonyl (C=O) groups excluding carboxylic acids is 1. The highest BCUT2D eigenvalue weighted by Gasteiger charge is 2.08. The Hall–Kier alpha value is -1.23. The number of ketones is 1. The normalized spacial score (nSPS) is 11.4. The van der Waals surface area contributed by atoms with Crippen LogP contribution < -0.4 is 5.32 Å². The molecule has 0 spiro atoms. The number of aromatic nitrogens is 3. The first-order valence-electron chi connectivity index (χ1n) is 6.64. The Kier molecular flexibility index (Phi) is 5.98. The molecule has 0 aliphatic heterocycles. The molecule has 0 radical (unpaired) electrons. The molecule has 0 aliphatic carbocycles. The number of nitrogens with zero attached hydrogens (tertiary/aromatic N) is 3. The molecule has 1 aromatic rings. The van der Waals surface area contributed by atoms with E-state index in [1.165, 1.54) is 0 Å². The van der Waals surface area contributed by atoms with E-state index in [-0.39, 0.29) is 11.7 Å². The number of rotatable bonds is 8. The summed E-state index contributed by atoms with van der Waals surface area (Å²) in [5.74, 6) is 0.372. The summed E-state index contributed by atoms with van der Waals surface area (Å²) < 4.78 is 1.75. The molecule has 0 aromatic carbocycles. The highest BCUT2D eigenvalue weighted by Crippen LogP contribution is 2.01. The van der Waals surface area contributed by atoms with Crippen LogP contribution in [0.15, 0.2) is 6.20 Å². The summed E-state index contributed by atoms with van der Waals surface area (Å²) in [6, 6.07) is 0.490. The van der Waals surface area contributed by atoms with Crippen molar-refractivity contribution in [3.8, 4) is 0 Å². The predicted octanol–water partition coefficient (Wildman–Crippen LogP) is 1.43. The van der Waals surface area contributed by atoms with Gasteiger partial charge in [0.15, 0.2) is 0 Å². The van der Waals surface area contributed by atoms with Gasteiger partial charge in [-0.15, -0.1) is 5.10 Å². The van der Waals surface area contributed by atoms with Crippen molar-refractivity contribution in [2.45, 2.75) is 53.1 Å². The van der Waals surface area contributed by atoms with Gasteiger partial charge in [0.1, 0.15) is 5.78 Å². The molecule has 0 atom stereocenters. The van der Waals surface area contributed by atoms with E-state index in [9.17, 15) is 4.79 Å². The van der Waals surface area contributed by atoms with Crippen molar-refractivity contribution in [1.29, 1.82) is 0 Å². The molecule has 1 heterocycles. The summed E-state index contributed by atoms with van der Waals surface area (Å²) in [6.45, 7) is 9.62. The lowest BCUT2D eigenvalue weighted by molar-refractivity contribution is -0.122. The van der Waals surface area contributed by atoms with Crippen molar-refractivity contribution in [2.75, 3.05) is 6.54 Å². The van der Waals surface area contributed by atoms with Gasteiger partial charge in [0.05, 0.1) is 5.69 Å². The second-order valence-electron chi connectivity index (χ2n) is 5.20. The van der Waals surface area contributed by atoms with Gasteiger partial charge in [-0.25, -0.2) is 0 Å². The molecule has 0 aliphatic rings. The molecule has 0 fully saturated rings. The van der Waals surface area contributed by atoms with Gasteiger partial charge in [-0.2, -0.15) is 0 Å². The minimum Gasteiger partial charge on any atom is -0.314 e. The van der Waals surface area contributed by atoms with E-state index in [2.05, 4.69) is 29.5 Å². The molecular weight excluding hydrogens is 228 g/mol. The van der Waals surface area contributed by atoms with Gasteiger partial charge in [0.2, 0.25) is 0 Å². The average Bonchev–Trinajstić information content (AvgIpc) is 2.73. The Balaban J connectivity index is 2.32. The van der Waals surface area contributed by atoms with Crippen LogP contribution in [0.1, 0.15) is 39.8 Å². The summed E-state index contributed by atoms with van der Waals surface area (Å²) in [4.78, 5) is 11.5. The van der Waals surface area contributed by atoms with E-state index < -0.39 is 0 Å². The van der Waals surface area contributed by atoms with Crippen LogP contribution in [-0.2, 0) is 17.8 Å². The average molecular weight is 252 g/mol. The number of hydrogen-bond acceptors (Lipinski definition) is 4. The second-order valence-corrected chi connectivity index (χ2v) is 5.20. The number of nitrogens with one attached hydrogen (secondary N) is 1.